The first kappa shape index (κ1) is 12.5. The smallest absolute Gasteiger partial charge is 0.228 e. The Labute approximate surface area is 95.5 Å². The highest BCUT2D eigenvalue weighted by Gasteiger charge is 2.17. The molecule has 16 heavy (non-hydrogen) atoms. The van der Waals surface area contributed by atoms with Gasteiger partial charge in [-0.3, -0.25) is 4.79 Å². The number of phenols is 1. The molecule has 0 spiro atoms. The molecule has 4 N–H and O–H groups in total. The predicted octanol–water partition coefficient (Wildman–Crippen LogP) is 1.62. The van der Waals surface area contributed by atoms with Crippen LogP contribution in [-0.4, -0.2) is 17.1 Å². The number of carbonyl (C=O) groups is 1. The van der Waals surface area contributed by atoms with Crippen LogP contribution in [0, 0.1) is 12.8 Å². The molecule has 2 unspecified atom stereocenters. The van der Waals surface area contributed by atoms with Crippen LogP contribution in [0.4, 0.5) is 5.69 Å². The topological polar surface area (TPSA) is 75.3 Å². The molecule has 2 atom stereocenters. The van der Waals surface area contributed by atoms with E-state index in [-0.39, 0.29) is 23.6 Å². The molecular formula is C12H18N2O2. The summed E-state index contributed by atoms with van der Waals surface area (Å²) in [6.07, 6.45) is 0. The summed E-state index contributed by atoms with van der Waals surface area (Å²) in [6.45, 7) is 5.41. The van der Waals surface area contributed by atoms with E-state index in [1.807, 2.05) is 6.92 Å². The third-order valence-electron chi connectivity index (χ3n) is 2.67. The summed E-state index contributed by atoms with van der Waals surface area (Å²) in [4.78, 5) is 11.7. The number of hydrogen-bond acceptors (Lipinski definition) is 3. The highest BCUT2D eigenvalue weighted by atomic mass is 16.3. The van der Waals surface area contributed by atoms with Gasteiger partial charge in [-0.25, -0.2) is 0 Å². The molecule has 1 aromatic rings. The van der Waals surface area contributed by atoms with E-state index in [9.17, 15) is 9.90 Å². The summed E-state index contributed by atoms with van der Waals surface area (Å²) in [7, 11) is 0. The zero-order valence-electron chi connectivity index (χ0n) is 9.82. The number of carbonyl (C=O) groups excluding carboxylic acids is 1. The van der Waals surface area contributed by atoms with Crippen molar-refractivity contribution in [3.05, 3.63) is 23.8 Å². The van der Waals surface area contributed by atoms with E-state index in [1.165, 1.54) is 0 Å². The lowest BCUT2D eigenvalue weighted by Crippen LogP contribution is -2.34. The first-order chi connectivity index (χ1) is 7.41. The van der Waals surface area contributed by atoms with E-state index in [1.54, 1.807) is 32.0 Å². The Balaban J connectivity index is 2.77. The molecule has 0 heterocycles. The lowest BCUT2D eigenvalue weighted by Gasteiger charge is -2.16. The van der Waals surface area contributed by atoms with Gasteiger partial charge in [0.25, 0.3) is 0 Å². The van der Waals surface area contributed by atoms with E-state index in [2.05, 4.69) is 5.32 Å². The lowest BCUT2D eigenvalue weighted by molar-refractivity contribution is -0.119. The number of nitrogens with two attached hydrogens (primary N) is 1. The first-order valence-corrected chi connectivity index (χ1v) is 5.28. The summed E-state index contributed by atoms with van der Waals surface area (Å²) in [5.74, 6) is -0.160. The number of amides is 1. The maximum atomic E-state index is 11.7. The second-order valence-electron chi connectivity index (χ2n) is 4.14. The standard InChI is InChI=1S/C12H18N2O2/c1-7-6-10(15)4-5-11(7)14-12(16)8(2)9(3)13/h4-6,8-9,15H,13H2,1-3H3,(H,14,16). The number of hydrogen-bond donors (Lipinski definition) is 3. The zero-order valence-corrected chi connectivity index (χ0v) is 9.82. The van der Waals surface area contributed by atoms with Gasteiger partial charge in [0.2, 0.25) is 5.91 Å². The van der Waals surface area contributed by atoms with E-state index < -0.39 is 0 Å². The van der Waals surface area contributed by atoms with Crippen molar-refractivity contribution in [1.82, 2.24) is 0 Å². The van der Waals surface area contributed by atoms with Crippen molar-refractivity contribution in [2.75, 3.05) is 5.32 Å². The highest BCUT2D eigenvalue weighted by molar-refractivity contribution is 5.93. The van der Waals surface area contributed by atoms with Crippen molar-refractivity contribution < 1.29 is 9.90 Å². The molecule has 0 radical (unpaired) electrons. The van der Waals surface area contributed by atoms with E-state index >= 15 is 0 Å². The van der Waals surface area contributed by atoms with Crippen molar-refractivity contribution >= 4 is 11.6 Å². The summed E-state index contributed by atoms with van der Waals surface area (Å²) in [5, 5.41) is 12.0. The predicted molar refractivity (Wildman–Crippen MR) is 64.3 cm³/mol. The Kier molecular flexibility index (Phi) is 3.90. The van der Waals surface area contributed by atoms with E-state index in [0.29, 0.717) is 5.69 Å². The normalized spacial score (nSPS) is 14.2. The van der Waals surface area contributed by atoms with Crippen LogP contribution >= 0.6 is 0 Å². The Morgan fingerprint density at radius 3 is 2.56 bits per heavy atom. The van der Waals surface area contributed by atoms with Crippen molar-refractivity contribution in [2.24, 2.45) is 11.7 Å². The molecule has 0 saturated carbocycles. The molecule has 0 saturated heterocycles. The number of anilines is 1. The van der Waals surface area contributed by atoms with Gasteiger partial charge in [-0.2, -0.15) is 0 Å². The number of rotatable bonds is 3. The molecule has 0 bridgehead atoms. The molecule has 0 aliphatic carbocycles. The molecule has 4 heteroatoms. The fourth-order valence-corrected chi connectivity index (χ4v) is 1.27. The Bertz CT molecular complexity index is 389. The minimum Gasteiger partial charge on any atom is -0.508 e. The summed E-state index contributed by atoms with van der Waals surface area (Å²) in [5.41, 5.74) is 7.18. The number of aryl methyl sites for hydroxylation is 1. The Hall–Kier alpha value is -1.55. The van der Waals surface area contributed by atoms with Gasteiger partial charge < -0.3 is 16.2 Å². The molecule has 1 rings (SSSR count). The summed E-state index contributed by atoms with van der Waals surface area (Å²) < 4.78 is 0. The third kappa shape index (κ3) is 2.97. The van der Waals surface area contributed by atoms with Gasteiger partial charge in [-0.1, -0.05) is 6.92 Å². The molecule has 1 aromatic carbocycles. The molecule has 1 amide bonds. The maximum absolute atomic E-state index is 11.7. The number of phenolic OH excluding ortho intramolecular Hbond substituents is 1. The van der Waals surface area contributed by atoms with Crippen LogP contribution in [0.2, 0.25) is 0 Å². The first-order valence-electron chi connectivity index (χ1n) is 5.28. The van der Waals surface area contributed by atoms with Crippen LogP contribution in [0.1, 0.15) is 19.4 Å². The van der Waals surface area contributed by atoms with Crippen LogP contribution in [-0.2, 0) is 4.79 Å². The largest absolute Gasteiger partial charge is 0.508 e. The third-order valence-corrected chi connectivity index (χ3v) is 2.67. The van der Waals surface area contributed by atoms with Gasteiger partial charge in [-0.05, 0) is 37.6 Å². The molecule has 0 aromatic heterocycles. The molecule has 88 valence electrons. The summed E-state index contributed by atoms with van der Waals surface area (Å²) >= 11 is 0. The molecule has 0 aliphatic rings. The molecule has 0 aliphatic heterocycles. The minimum absolute atomic E-state index is 0.108. The quantitative estimate of drug-likeness (QED) is 0.680. The number of nitrogens with one attached hydrogen (secondary N) is 1. The van der Waals surface area contributed by atoms with Crippen molar-refractivity contribution in [2.45, 2.75) is 26.8 Å². The van der Waals surface area contributed by atoms with Crippen LogP contribution in [0.25, 0.3) is 0 Å². The van der Waals surface area contributed by atoms with E-state index in [0.717, 1.165) is 5.56 Å². The Morgan fingerprint density at radius 2 is 2.06 bits per heavy atom. The van der Waals surface area contributed by atoms with Gasteiger partial charge in [0, 0.05) is 11.7 Å². The molecule has 4 nitrogen and oxygen atoms in total. The van der Waals surface area contributed by atoms with Gasteiger partial charge >= 0.3 is 0 Å². The van der Waals surface area contributed by atoms with Crippen molar-refractivity contribution in [3.63, 3.8) is 0 Å². The summed E-state index contributed by atoms with van der Waals surface area (Å²) in [6, 6.07) is 4.64. The fourth-order valence-electron chi connectivity index (χ4n) is 1.27. The second-order valence-corrected chi connectivity index (χ2v) is 4.14. The lowest BCUT2D eigenvalue weighted by atomic mass is 10.0. The van der Waals surface area contributed by atoms with Gasteiger partial charge in [0.1, 0.15) is 5.75 Å². The highest BCUT2D eigenvalue weighted by Crippen LogP contribution is 2.20. The monoisotopic (exact) mass is 222 g/mol. The second kappa shape index (κ2) is 4.99. The zero-order chi connectivity index (χ0) is 12.3. The number of benzene rings is 1. The van der Waals surface area contributed by atoms with Crippen LogP contribution in [0.5, 0.6) is 5.75 Å². The van der Waals surface area contributed by atoms with Crippen molar-refractivity contribution in [3.8, 4) is 5.75 Å². The molecule has 0 fully saturated rings. The van der Waals surface area contributed by atoms with Gasteiger partial charge in [0.15, 0.2) is 0 Å². The van der Waals surface area contributed by atoms with E-state index in [4.69, 9.17) is 5.73 Å². The van der Waals surface area contributed by atoms with Gasteiger partial charge in [-0.15, -0.1) is 0 Å². The fraction of sp³-hybridized carbons (Fsp3) is 0.417. The Morgan fingerprint density at radius 1 is 1.44 bits per heavy atom. The van der Waals surface area contributed by atoms with Crippen LogP contribution in [0.3, 0.4) is 0 Å². The average molecular weight is 222 g/mol. The van der Waals surface area contributed by atoms with Crippen LogP contribution < -0.4 is 11.1 Å². The minimum atomic E-state index is -0.242. The SMILES string of the molecule is Cc1cc(O)ccc1NC(=O)C(C)C(C)N. The van der Waals surface area contributed by atoms with Gasteiger partial charge in [0.05, 0.1) is 5.92 Å². The van der Waals surface area contributed by atoms with Crippen molar-refractivity contribution in [1.29, 1.82) is 0 Å². The molecular weight excluding hydrogens is 204 g/mol. The number of aromatic hydroxyl groups is 1. The maximum Gasteiger partial charge on any atom is 0.228 e. The van der Waals surface area contributed by atoms with Crippen LogP contribution in [0.15, 0.2) is 18.2 Å². The average Bonchev–Trinajstić information content (AvgIpc) is 2.20.